The smallest absolute Gasteiger partial charge is 0.192 e. The number of aromatic nitrogens is 4. The van der Waals surface area contributed by atoms with E-state index in [-0.39, 0.29) is 5.54 Å². The fraction of sp³-hybridized carbons (Fsp3) is 0.480. The van der Waals surface area contributed by atoms with Crippen LogP contribution in [0, 0.1) is 0 Å². The Labute approximate surface area is 174 Å². The zero-order chi connectivity index (χ0) is 20.4. The van der Waals surface area contributed by atoms with Crippen molar-refractivity contribution in [2.24, 2.45) is 0 Å². The fourth-order valence-corrected chi connectivity index (χ4v) is 5.30. The molecule has 0 aliphatic carbocycles. The molecular formula is C25H34N4+2. The van der Waals surface area contributed by atoms with Gasteiger partial charge in [-0.1, -0.05) is 40.2 Å². The third-order valence-electron chi connectivity index (χ3n) is 6.91. The van der Waals surface area contributed by atoms with E-state index in [9.17, 15) is 0 Å². The second-order valence-corrected chi connectivity index (χ2v) is 8.25. The van der Waals surface area contributed by atoms with Crippen molar-refractivity contribution in [1.29, 1.82) is 0 Å². The highest BCUT2D eigenvalue weighted by Gasteiger charge is 2.50. The van der Waals surface area contributed by atoms with Crippen molar-refractivity contribution in [1.82, 2.24) is 9.90 Å². The summed E-state index contributed by atoms with van der Waals surface area (Å²) in [5, 5.41) is 4.75. The molecule has 1 unspecified atom stereocenters. The van der Waals surface area contributed by atoms with Gasteiger partial charge in [-0.2, -0.15) is 4.57 Å². The molecular weight excluding hydrogens is 356 g/mol. The number of hydrogen-bond acceptors (Lipinski definition) is 1. The van der Waals surface area contributed by atoms with Gasteiger partial charge >= 0.3 is 0 Å². The highest BCUT2D eigenvalue weighted by molar-refractivity contribution is 5.67. The minimum Gasteiger partial charge on any atom is -0.192 e. The molecule has 1 aromatic carbocycles. The predicted octanol–water partition coefficient (Wildman–Crippen LogP) is 4.94. The van der Waals surface area contributed by atoms with E-state index >= 15 is 0 Å². The van der Waals surface area contributed by atoms with Crippen LogP contribution in [0.1, 0.15) is 71.3 Å². The molecule has 2 aromatic heterocycles. The van der Waals surface area contributed by atoms with Gasteiger partial charge in [0.25, 0.3) is 0 Å². The Balaban J connectivity index is 1.83. The molecule has 0 N–H and O–H groups in total. The summed E-state index contributed by atoms with van der Waals surface area (Å²) in [6.07, 6.45) is 12.2. The Hall–Kier alpha value is -2.49. The normalized spacial score (nSPS) is 17.0. The van der Waals surface area contributed by atoms with Gasteiger partial charge in [0.1, 0.15) is 6.54 Å². The Bertz CT molecular complexity index is 984. The highest BCUT2D eigenvalue weighted by atomic mass is 15.5. The number of hydrogen-bond donors (Lipinski definition) is 0. The first kappa shape index (κ1) is 19.8. The van der Waals surface area contributed by atoms with Crippen LogP contribution < -0.4 is 9.25 Å². The fourth-order valence-electron chi connectivity index (χ4n) is 5.30. The van der Waals surface area contributed by atoms with Gasteiger partial charge in [0.15, 0.2) is 29.8 Å². The van der Waals surface area contributed by atoms with E-state index in [1.54, 1.807) is 0 Å². The molecule has 0 saturated heterocycles. The van der Waals surface area contributed by atoms with Gasteiger partial charge in [0, 0.05) is 37.0 Å². The minimum absolute atomic E-state index is 0.148. The van der Waals surface area contributed by atoms with Crippen LogP contribution in [0.3, 0.4) is 0 Å². The van der Waals surface area contributed by atoms with E-state index in [1.807, 2.05) is 9.36 Å². The average Bonchev–Trinajstić information content (AvgIpc) is 3.25. The van der Waals surface area contributed by atoms with Crippen molar-refractivity contribution in [3.63, 3.8) is 0 Å². The predicted molar refractivity (Wildman–Crippen MR) is 116 cm³/mol. The largest absolute Gasteiger partial charge is 0.213 e. The van der Waals surface area contributed by atoms with E-state index in [1.165, 1.54) is 23.2 Å². The van der Waals surface area contributed by atoms with Gasteiger partial charge in [-0.25, -0.2) is 0 Å². The van der Waals surface area contributed by atoms with Crippen LogP contribution in [-0.2, 0) is 12.1 Å². The highest BCUT2D eigenvalue weighted by Crippen LogP contribution is 2.46. The zero-order valence-electron chi connectivity index (χ0n) is 18.3. The van der Waals surface area contributed by atoms with Crippen molar-refractivity contribution in [2.75, 3.05) is 0 Å². The Kier molecular flexibility index (Phi) is 5.53. The van der Waals surface area contributed by atoms with Gasteiger partial charge in [-0.05, 0) is 30.5 Å². The first-order valence-electron chi connectivity index (χ1n) is 11.3. The molecule has 1 aliphatic heterocycles. The topological polar surface area (TPSA) is 25.6 Å². The SMILES string of the molecule is CCCC[n+]1ccn(-c2ccc3c(c2)-c2cccc[n+]2C(CC)(CC)C3CC)n1. The molecule has 0 radical (unpaired) electrons. The standard InChI is InChI=1S/C25H34N4/c1-5-9-15-27-17-18-29(26-27)20-13-14-21-22(19-20)24-12-10-11-16-28(24)25(7-3,8-4)23(21)6-2/h10-14,16-19,23H,5-9,15H2,1-4H3/q+2. The summed E-state index contributed by atoms with van der Waals surface area (Å²) in [7, 11) is 0. The number of unbranched alkanes of at least 4 members (excludes halogenated alkanes) is 1. The van der Waals surface area contributed by atoms with Crippen LogP contribution in [0.5, 0.6) is 0 Å². The summed E-state index contributed by atoms with van der Waals surface area (Å²) >= 11 is 0. The van der Waals surface area contributed by atoms with E-state index in [2.05, 4.69) is 87.3 Å². The Morgan fingerprint density at radius 1 is 1.03 bits per heavy atom. The molecule has 0 fully saturated rings. The van der Waals surface area contributed by atoms with Gasteiger partial charge in [0.05, 0.1) is 10.8 Å². The lowest BCUT2D eigenvalue weighted by atomic mass is 9.69. The first-order chi connectivity index (χ1) is 14.2. The summed E-state index contributed by atoms with van der Waals surface area (Å²) < 4.78 is 6.60. The van der Waals surface area contributed by atoms with Crippen LogP contribution in [0.25, 0.3) is 16.9 Å². The van der Waals surface area contributed by atoms with Crippen LogP contribution in [-0.4, -0.2) is 9.90 Å². The molecule has 0 bridgehead atoms. The van der Waals surface area contributed by atoms with Crippen LogP contribution >= 0.6 is 0 Å². The summed E-state index contributed by atoms with van der Waals surface area (Å²) in [6.45, 7) is 10.2. The molecule has 152 valence electrons. The molecule has 1 atom stereocenters. The van der Waals surface area contributed by atoms with Crippen LogP contribution in [0.2, 0.25) is 0 Å². The summed E-state index contributed by atoms with van der Waals surface area (Å²) in [5.41, 5.74) is 5.43. The summed E-state index contributed by atoms with van der Waals surface area (Å²) in [5.74, 6) is 0.522. The van der Waals surface area contributed by atoms with Gasteiger partial charge < -0.3 is 0 Å². The van der Waals surface area contributed by atoms with Crippen molar-refractivity contribution < 1.29 is 9.25 Å². The molecule has 3 heterocycles. The van der Waals surface area contributed by atoms with Crippen molar-refractivity contribution in [3.8, 4) is 16.9 Å². The average molecular weight is 391 g/mol. The van der Waals surface area contributed by atoms with Gasteiger partial charge in [-0.3, -0.25) is 0 Å². The number of nitrogens with zero attached hydrogens (tertiary/aromatic N) is 4. The maximum atomic E-state index is 4.75. The number of benzene rings is 1. The molecule has 1 aliphatic rings. The van der Waals surface area contributed by atoms with Crippen molar-refractivity contribution >= 4 is 0 Å². The van der Waals surface area contributed by atoms with E-state index < -0.39 is 0 Å². The Morgan fingerprint density at radius 3 is 2.59 bits per heavy atom. The molecule has 3 aromatic rings. The van der Waals surface area contributed by atoms with Crippen LogP contribution in [0.4, 0.5) is 0 Å². The lowest BCUT2D eigenvalue weighted by Crippen LogP contribution is -2.62. The zero-order valence-corrected chi connectivity index (χ0v) is 18.3. The van der Waals surface area contributed by atoms with E-state index in [4.69, 9.17) is 5.21 Å². The second-order valence-electron chi connectivity index (χ2n) is 8.25. The van der Waals surface area contributed by atoms with Gasteiger partial charge in [0.2, 0.25) is 5.69 Å². The van der Waals surface area contributed by atoms with Crippen molar-refractivity contribution in [2.45, 2.75) is 77.8 Å². The monoisotopic (exact) mass is 390 g/mol. The molecule has 4 heteroatoms. The minimum atomic E-state index is 0.148. The third-order valence-corrected chi connectivity index (χ3v) is 6.91. The van der Waals surface area contributed by atoms with Gasteiger partial charge in [-0.15, -0.1) is 9.36 Å². The number of rotatable bonds is 7. The van der Waals surface area contributed by atoms with Crippen LogP contribution in [0.15, 0.2) is 55.0 Å². The second kappa shape index (κ2) is 8.10. The maximum absolute atomic E-state index is 4.75. The van der Waals surface area contributed by atoms with Crippen molar-refractivity contribution in [3.05, 3.63) is 60.6 Å². The lowest BCUT2D eigenvalue weighted by Gasteiger charge is -2.39. The summed E-state index contributed by atoms with van der Waals surface area (Å²) in [4.78, 5) is 0. The Morgan fingerprint density at radius 2 is 1.86 bits per heavy atom. The quantitative estimate of drug-likeness (QED) is 0.525. The molecule has 0 saturated carbocycles. The molecule has 0 spiro atoms. The van der Waals surface area contributed by atoms with E-state index in [0.29, 0.717) is 5.92 Å². The molecule has 0 amide bonds. The third kappa shape index (κ3) is 3.19. The lowest BCUT2D eigenvalue weighted by molar-refractivity contribution is -0.762. The molecule has 4 rings (SSSR count). The first-order valence-corrected chi connectivity index (χ1v) is 11.3. The molecule has 29 heavy (non-hydrogen) atoms. The number of pyridine rings is 1. The number of fused-ring (bicyclic) bond motifs is 3. The summed E-state index contributed by atoms with van der Waals surface area (Å²) in [6, 6.07) is 13.5. The maximum Gasteiger partial charge on any atom is 0.213 e. The van der Waals surface area contributed by atoms with E-state index in [0.717, 1.165) is 37.9 Å². The number of aryl methyl sites for hydroxylation is 1. The molecule has 4 nitrogen and oxygen atoms in total.